The van der Waals surface area contributed by atoms with Gasteiger partial charge in [0.1, 0.15) is 0 Å². The standard InChI is InChI=1S/C18H24N2O5/c1-3-24-17(22)14-5-7-15(8-6-14)19-16(21)13-9-11-20(12-10-13)18(23)25-4-2/h5-8,13H,3-4,9-12H2,1-2H3,(H,19,21). The molecule has 136 valence electrons. The summed E-state index contributed by atoms with van der Waals surface area (Å²) < 4.78 is 9.89. The van der Waals surface area contributed by atoms with Gasteiger partial charge in [0.2, 0.25) is 5.91 Å². The molecule has 1 aromatic rings. The molecule has 0 aromatic heterocycles. The number of ether oxygens (including phenoxy) is 2. The molecule has 0 unspecified atom stereocenters. The molecule has 0 saturated carbocycles. The summed E-state index contributed by atoms with van der Waals surface area (Å²) in [4.78, 5) is 37.3. The number of piperidine rings is 1. The molecule has 1 aliphatic rings. The number of carbonyl (C=O) groups is 3. The van der Waals surface area contributed by atoms with Crippen molar-refractivity contribution < 1.29 is 23.9 Å². The van der Waals surface area contributed by atoms with Gasteiger partial charge in [0.25, 0.3) is 0 Å². The summed E-state index contributed by atoms with van der Waals surface area (Å²) in [5.74, 6) is -0.602. The summed E-state index contributed by atoms with van der Waals surface area (Å²) in [7, 11) is 0. The van der Waals surface area contributed by atoms with Crippen molar-refractivity contribution in [1.82, 2.24) is 4.90 Å². The third kappa shape index (κ3) is 5.20. The molecule has 1 heterocycles. The van der Waals surface area contributed by atoms with Gasteiger partial charge in [0.15, 0.2) is 0 Å². The van der Waals surface area contributed by atoms with Crippen molar-refractivity contribution >= 4 is 23.7 Å². The number of rotatable bonds is 5. The fourth-order valence-corrected chi connectivity index (χ4v) is 2.69. The Morgan fingerprint density at radius 1 is 1.04 bits per heavy atom. The fourth-order valence-electron chi connectivity index (χ4n) is 2.69. The molecule has 1 fully saturated rings. The average Bonchev–Trinajstić information content (AvgIpc) is 2.63. The maximum absolute atomic E-state index is 12.4. The largest absolute Gasteiger partial charge is 0.462 e. The number of anilines is 1. The van der Waals surface area contributed by atoms with E-state index < -0.39 is 0 Å². The van der Waals surface area contributed by atoms with E-state index in [9.17, 15) is 14.4 Å². The Morgan fingerprint density at radius 3 is 2.20 bits per heavy atom. The first-order valence-corrected chi connectivity index (χ1v) is 8.54. The first-order chi connectivity index (χ1) is 12.0. The van der Waals surface area contributed by atoms with Crippen LogP contribution in [-0.4, -0.2) is 49.2 Å². The van der Waals surface area contributed by atoms with Gasteiger partial charge in [-0.15, -0.1) is 0 Å². The summed E-state index contributed by atoms with van der Waals surface area (Å²) in [6, 6.07) is 6.60. The molecule has 7 nitrogen and oxygen atoms in total. The molecule has 1 aliphatic heterocycles. The molecule has 2 amide bonds. The molecule has 0 spiro atoms. The summed E-state index contributed by atoms with van der Waals surface area (Å²) >= 11 is 0. The zero-order valence-electron chi connectivity index (χ0n) is 14.6. The number of benzene rings is 1. The number of carbonyl (C=O) groups excluding carboxylic acids is 3. The van der Waals surface area contributed by atoms with Crippen molar-refractivity contribution in [1.29, 1.82) is 0 Å². The number of amides is 2. The van der Waals surface area contributed by atoms with Crippen LogP contribution in [0, 0.1) is 5.92 Å². The van der Waals surface area contributed by atoms with Crippen LogP contribution in [0.4, 0.5) is 10.5 Å². The van der Waals surface area contributed by atoms with Crippen molar-refractivity contribution in [3.8, 4) is 0 Å². The maximum Gasteiger partial charge on any atom is 0.409 e. The lowest BCUT2D eigenvalue weighted by Gasteiger charge is -2.30. The highest BCUT2D eigenvalue weighted by Crippen LogP contribution is 2.20. The predicted molar refractivity (Wildman–Crippen MR) is 92.3 cm³/mol. The van der Waals surface area contributed by atoms with E-state index in [1.165, 1.54) is 0 Å². The molecule has 1 N–H and O–H groups in total. The number of esters is 1. The van der Waals surface area contributed by atoms with E-state index >= 15 is 0 Å². The van der Waals surface area contributed by atoms with Gasteiger partial charge in [-0.25, -0.2) is 9.59 Å². The first kappa shape index (κ1) is 18.8. The second-order valence-electron chi connectivity index (χ2n) is 5.75. The zero-order chi connectivity index (χ0) is 18.2. The summed E-state index contributed by atoms with van der Waals surface area (Å²) in [5, 5.41) is 2.85. The molecule has 0 atom stereocenters. The molecule has 0 radical (unpaired) electrons. The van der Waals surface area contributed by atoms with Gasteiger partial charge in [0.05, 0.1) is 18.8 Å². The van der Waals surface area contributed by atoms with Crippen LogP contribution in [-0.2, 0) is 14.3 Å². The van der Waals surface area contributed by atoms with Gasteiger partial charge in [-0.3, -0.25) is 4.79 Å². The second-order valence-corrected chi connectivity index (χ2v) is 5.75. The van der Waals surface area contributed by atoms with Crippen LogP contribution >= 0.6 is 0 Å². The summed E-state index contributed by atoms with van der Waals surface area (Å²) in [6.45, 7) is 5.21. The Hall–Kier alpha value is -2.57. The molecule has 1 saturated heterocycles. The van der Waals surface area contributed by atoms with Gasteiger partial charge in [-0.1, -0.05) is 0 Å². The third-order valence-corrected chi connectivity index (χ3v) is 4.06. The van der Waals surface area contributed by atoms with E-state index in [4.69, 9.17) is 9.47 Å². The predicted octanol–water partition coefficient (Wildman–Crippen LogP) is 2.67. The van der Waals surface area contributed by atoms with Gasteiger partial charge >= 0.3 is 12.1 Å². The number of hydrogen-bond donors (Lipinski definition) is 1. The lowest BCUT2D eigenvalue weighted by molar-refractivity contribution is -0.121. The van der Waals surface area contributed by atoms with Crippen LogP contribution in [0.15, 0.2) is 24.3 Å². The van der Waals surface area contributed by atoms with E-state index in [1.807, 2.05) is 0 Å². The van der Waals surface area contributed by atoms with Crippen LogP contribution < -0.4 is 5.32 Å². The van der Waals surface area contributed by atoms with Crippen LogP contribution in [0.3, 0.4) is 0 Å². The number of nitrogens with one attached hydrogen (secondary N) is 1. The van der Waals surface area contributed by atoms with Crippen molar-refractivity contribution in [3.63, 3.8) is 0 Å². The molecule has 0 aliphatic carbocycles. The van der Waals surface area contributed by atoms with Crippen molar-refractivity contribution in [2.75, 3.05) is 31.6 Å². The summed E-state index contributed by atoms with van der Waals surface area (Å²) in [6.07, 6.45) is 0.882. The lowest BCUT2D eigenvalue weighted by atomic mass is 9.96. The number of nitrogens with zero attached hydrogens (tertiary/aromatic N) is 1. The molecule has 25 heavy (non-hydrogen) atoms. The lowest BCUT2D eigenvalue weighted by Crippen LogP contribution is -2.41. The average molecular weight is 348 g/mol. The van der Waals surface area contributed by atoms with Crippen LogP contribution in [0.5, 0.6) is 0 Å². The topological polar surface area (TPSA) is 84.9 Å². The second kappa shape index (κ2) is 9.05. The van der Waals surface area contributed by atoms with E-state index in [-0.39, 0.29) is 23.9 Å². The Kier molecular flexibility index (Phi) is 6.80. The van der Waals surface area contributed by atoms with E-state index in [0.29, 0.717) is 50.4 Å². The Labute approximate surface area is 147 Å². The van der Waals surface area contributed by atoms with Gasteiger partial charge in [0, 0.05) is 24.7 Å². The van der Waals surface area contributed by atoms with Crippen LogP contribution in [0.1, 0.15) is 37.0 Å². The van der Waals surface area contributed by atoms with E-state index in [2.05, 4.69) is 5.32 Å². The molecular weight excluding hydrogens is 324 g/mol. The first-order valence-electron chi connectivity index (χ1n) is 8.54. The van der Waals surface area contributed by atoms with Crippen molar-refractivity contribution in [3.05, 3.63) is 29.8 Å². The molecule has 2 rings (SSSR count). The summed E-state index contributed by atoms with van der Waals surface area (Å²) in [5.41, 5.74) is 1.08. The van der Waals surface area contributed by atoms with Crippen molar-refractivity contribution in [2.45, 2.75) is 26.7 Å². The van der Waals surface area contributed by atoms with E-state index in [0.717, 1.165) is 0 Å². The minimum atomic E-state index is -0.383. The molecule has 1 aromatic carbocycles. The zero-order valence-corrected chi connectivity index (χ0v) is 14.6. The minimum Gasteiger partial charge on any atom is -0.462 e. The van der Waals surface area contributed by atoms with Gasteiger partial charge in [-0.05, 0) is 51.0 Å². The normalized spacial score (nSPS) is 14.7. The smallest absolute Gasteiger partial charge is 0.409 e. The van der Waals surface area contributed by atoms with Crippen LogP contribution in [0.2, 0.25) is 0 Å². The van der Waals surface area contributed by atoms with Gasteiger partial charge in [-0.2, -0.15) is 0 Å². The third-order valence-electron chi connectivity index (χ3n) is 4.06. The highest BCUT2D eigenvalue weighted by Gasteiger charge is 2.27. The molecular formula is C18H24N2O5. The van der Waals surface area contributed by atoms with Crippen LogP contribution in [0.25, 0.3) is 0 Å². The number of hydrogen-bond acceptors (Lipinski definition) is 5. The number of likely N-dealkylation sites (tertiary alicyclic amines) is 1. The molecule has 0 bridgehead atoms. The Bertz CT molecular complexity index is 606. The SMILES string of the molecule is CCOC(=O)c1ccc(NC(=O)C2CCN(C(=O)OCC)CC2)cc1. The highest BCUT2D eigenvalue weighted by molar-refractivity contribution is 5.94. The van der Waals surface area contributed by atoms with Crippen molar-refractivity contribution in [2.24, 2.45) is 5.92 Å². The fraction of sp³-hybridized carbons (Fsp3) is 0.500. The monoisotopic (exact) mass is 348 g/mol. The maximum atomic E-state index is 12.4. The molecule has 7 heteroatoms. The quantitative estimate of drug-likeness (QED) is 0.827. The Morgan fingerprint density at radius 2 is 1.64 bits per heavy atom. The minimum absolute atomic E-state index is 0.0765. The van der Waals surface area contributed by atoms with E-state index in [1.54, 1.807) is 43.0 Å². The Balaban J connectivity index is 1.84. The van der Waals surface area contributed by atoms with Gasteiger partial charge < -0.3 is 19.7 Å². The highest BCUT2D eigenvalue weighted by atomic mass is 16.6.